The number of hydrogen-bond donors (Lipinski definition) is 1. The zero-order chi connectivity index (χ0) is 19.8. The van der Waals surface area contributed by atoms with Crippen molar-refractivity contribution in [2.24, 2.45) is 0 Å². The van der Waals surface area contributed by atoms with E-state index in [0.29, 0.717) is 44.8 Å². The molecule has 0 atom stereocenters. The van der Waals surface area contributed by atoms with Gasteiger partial charge in [0.1, 0.15) is 11.5 Å². The van der Waals surface area contributed by atoms with Crippen LogP contribution in [0.5, 0.6) is 0 Å². The highest BCUT2D eigenvalue weighted by molar-refractivity contribution is 5.92. The zero-order valence-corrected chi connectivity index (χ0v) is 15.8. The van der Waals surface area contributed by atoms with Crippen molar-refractivity contribution >= 4 is 11.8 Å². The molecule has 1 N–H and O–H groups in total. The molecule has 2 aromatic rings. The summed E-state index contributed by atoms with van der Waals surface area (Å²) in [7, 11) is 0. The third-order valence-electron chi connectivity index (χ3n) is 4.78. The standard InChI is InChI=1S/C21H25FN4O2/c22-18-7-5-17(6-8-18)9-11-24-20(27)16-25-12-3-13-26(15-14-25)21(28)19-4-1-2-10-23-19/h1-2,4-8,10H,3,9,11-16H2,(H,24,27). The van der Waals surface area contributed by atoms with E-state index in [1.54, 1.807) is 41.4 Å². The van der Waals surface area contributed by atoms with Gasteiger partial charge in [0.25, 0.3) is 5.91 Å². The fraction of sp³-hybridized carbons (Fsp3) is 0.381. The van der Waals surface area contributed by atoms with Crippen LogP contribution in [0, 0.1) is 5.82 Å². The molecular weight excluding hydrogens is 359 g/mol. The number of rotatable bonds is 6. The van der Waals surface area contributed by atoms with E-state index >= 15 is 0 Å². The SMILES string of the molecule is O=C(CN1CCCN(C(=O)c2ccccn2)CC1)NCCc1ccc(F)cc1. The van der Waals surface area contributed by atoms with E-state index in [-0.39, 0.29) is 17.6 Å². The van der Waals surface area contributed by atoms with E-state index in [9.17, 15) is 14.0 Å². The van der Waals surface area contributed by atoms with E-state index in [1.807, 2.05) is 0 Å². The molecule has 2 heterocycles. The molecule has 7 heteroatoms. The van der Waals surface area contributed by atoms with Crippen LogP contribution in [0.25, 0.3) is 0 Å². The van der Waals surface area contributed by atoms with Gasteiger partial charge in [0, 0.05) is 38.9 Å². The molecule has 2 amide bonds. The van der Waals surface area contributed by atoms with Gasteiger partial charge in [0.05, 0.1) is 6.54 Å². The van der Waals surface area contributed by atoms with Crippen LogP contribution >= 0.6 is 0 Å². The van der Waals surface area contributed by atoms with Crippen molar-refractivity contribution in [2.75, 3.05) is 39.3 Å². The first-order chi connectivity index (χ1) is 13.6. The molecule has 0 spiro atoms. The molecule has 1 aromatic carbocycles. The molecule has 6 nitrogen and oxygen atoms in total. The fourth-order valence-corrected chi connectivity index (χ4v) is 3.24. The van der Waals surface area contributed by atoms with Gasteiger partial charge in [-0.05, 0) is 42.7 Å². The third kappa shape index (κ3) is 5.85. The van der Waals surface area contributed by atoms with Crippen LogP contribution in [-0.4, -0.2) is 65.9 Å². The Morgan fingerprint density at radius 3 is 2.61 bits per heavy atom. The van der Waals surface area contributed by atoms with Crippen LogP contribution in [-0.2, 0) is 11.2 Å². The topological polar surface area (TPSA) is 65.5 Å². The molecule has 1 aliphatic heterocycles. The predicted molar refractivity (Wildman–Crippen MR) is 104 cm³/mol. The summed E-state index contributed by atoms with van der Waals surface area (Å²) < 4.78 is 12.9. The van der Waals surface area contributed by atoms with Gasteiger partial charge in [0.15, 0.2) is 0 Å². The Bertz CT molecular complexity index is 783. The fourth-order valence-electron chi connectivity index (χ4n) is 3.24. The molecule has 0 aliphatic carbocycles. The first-order valence-corrected chi connectivity index (χ1v) is 9.55. The Hall–Kier alpha value is -2.80. The van der Waals surface area contributed by atoms with Crippen molar-refractivity contribution in [3.05, 3.63) is 65.7 Å². The zero-order valence-electron chi connectivity index (χ0n) is 15.8. The highest BCUT2D eigenvalue weighted by Gasteiger charge is 2.21. The molecule has 0 saturated carbocycles. The van der Waals surface area contributed by atoms with Crippen LogP contribution in [0.15, 0.2) is 48.7 Å². The van der Waals surface area contributed by atoms with Gasteiger partial charge >= 0.3 is 0 Å². The molecule has 1 aliphatic rings. The van der Waals surface area contributed by atoms with Crippen LogP contribution in [0.1, 0.15) is 22.5 Å². The van der Waals surface area contributed by atoms with Crippen molar-refractivity contribution in [2.45, 2.75) is 12.8 Å². The van der Waals surface area contributed by atoms with Crippen molar-refractivity contribution in [1.82, 2.24) is 20.1 Å². The molecule has 28 heavy (non-hydrogen) atoms. The lowest BCUT2D eigenvalue weighted by atomic mass is 10.1. The Morgan fingerprint density at radius 1 is 1.04 bits per heavy atom. The van der Waals surface area contributed by atoms with Crippen LogP contribution in [0.4, 0.5) is 4.39 Å². The molecule has 0 bridgehead atoms. The second-order valence-electron chi connectivity index (χ2n) is 6.86. The first-order valence-electron chi connectivity index (χ1n) is 9.55. The highest BCUT2D eigenvalue weighted by atomic mass is 19.1. The molecule has 3 rings (SSSR count). The van der Waals surface area contributed by atoms with Gasteiger partial charge < -0.3 is 10.2 Å². The molecule has 1 fully saturated rings. The maximum Gasteiger partial charge on any atom is 0.272 e. The maximum atomic E-state index is 12.9. The van der Waals surface area contributed by atoms with E-state index in [0.717, 1.165) is 18.5 Å². The maximum absolute atomic E-state index is 12.9. The Labute approximate surface area is 164 Å². The molecule has 1 aromatic heterocycles. The van der Waals surface area contributed by atoms with E-state index < -0.39 is 0 Å². The van der Waals surface area contributed by atoms with Crippen molar-refractivity contribution in [1.29, 1.82) is 0 Å². The summed E-state index contributed by atoms with van der Waals surface area (Å²) >= 11 is 0. The average molecular weight is 384 g/mol. The number of amides is 2. The molecule has 1 saturated heterocycles. The molecule has 0 unspecified atom stereocenters. The first kappa shape index (κ1) is 19.9. The molecule has 148 valence electrons. The van der Waals surface area contributed by atoms with Gasteiger partial charge in [-0.1, -0.05) is 18.2 Å². The number of nitrogens with one attached hydrogen (secondary N) is 1. The summed E-state index contributed by atoms with van der Waals surface area (Å²) in [4.78, 5) is 32.7. The lowest BCUT2D eigenvalue weighted by Crippen LogP contribution is -2.40. The van der Waals surface area contributed by atoms with Crippen molar-refractivity contribution < 1.29 is 14.0 Å². The van der Waals surface area contributed by atoms with E-state index in [2.05, 4.69) is 15.2 Å². The number of nitrogens with zero attached hydrogens (tertiary/aromatic N) is 3. The molecule has 0 radical (unpaired) electrons. The summed E-state index contributed by atoms with van der Waals surface area (Å²) in [6, 6.07) is 11.6. The minimum absolute atomic E-state index is 0.0355. The summed E-state index contributed by atoms with van der Waals surface area (Å²) in [6.45, 7) is 3.51. The normalized spacial score (nSPS) is 15.1. The van der Waals surface area contributed by atoms with Crippen LogP contribution in [0.3, 0.4) is 0 Å². The number of aromatic nitrogens is 1. The second-order valence-corrected chi connectivity index (χ2v) is 6.86. The number of halogens is 1. The number of carbonyl (C=O) groups is 2. The Kier molecular flexibility index (Phi) is 7.08. The smallest absolute Gasteiger partial charge is 0.272 e. The number of hydrogen-bond acceptors (Lipinski definition) is 4. The minimum Gasteiger partial charge on any atom is -0.355 e. The number of pyridine rings is 1. The average Bonchev–Trinajstić information content (AvgIpc) is 2.95. The van der Waals surface area contributed by atoms with Crippen molar-refractivity contribution in [3.63, 3.8) is 0 Å². The quantitative estimate of drug-likeness (QED) is 0.824. The van der Waals surface area contributed by atoms with Crippen molar-refractivity contribution in [3.8, 4) is 0 Å². The number of carbonyl (C=O) groups excluding carboxylic acids is 2. The van der Waals surface area contributed by atoms with Gasteiger partial charge in [-0.3, -0.25) is 19.5 Å². The van der Waals surface area contributed by atoms with Gasteiger partial charge in [-0.25, -0.2) is 4.39 Å². The number of benzene rings is 1. The van der Waals surface area contributed by atoms with E-state index in [4.69, 9.17) is 0 Å². The Balaban J connectivity index is 1.41. The summed E-state index contributed by atoms with van der Waals surface area (Å²) in [6.07, 6.45) is 3.10. The van der Waals surface area contributed by atoms with Gasteiger partial charge in [-0.15, -0.1) is 0 Å². The van der Waals surface area contributed by atoms with Gasteiger partial charge in [-0.2, -0.15) is 0 Å². The molecular formula is C21H25FN4O2. The Morgan fingerprint density at radius 2 is 1.86 bits per heavy atom. The monoisotopic (exact) mass is 384 g/mol. The lowest BCUT2D eigenvalue weighted by Gasteiger charge is -2.21. The van der Waals surface area contributed by atoms with E-state index in [1.165, 1.54) is 12.1 Å². The second kappa shape index (κ2) is 9.94. The highest BCUT2D eigenvalue weighted by Crippen LogP contribution is 2.08. The van der Waals surface area contributed by atoms with Gasteiger partial charge in [0.2, 0.25) is 5.91 Å². The third-order valence-corrected chi connectivity index (χ3v) is 4.78. The van der Waals surface area contributed by atoms with Crippen LogP contribution in [0.2, 0.25) is 0 Å². The lowest BCUT2D eigenvalue weighted by molar-refractivity contribution is -0.122. The van der Waals surface area contributed by atoms with Crippen LogP contribution < -0.4 is 5.32 Å². The summed E-state index contributed by atoms with van der Waals surface area (Å²) in [5.41, 5.74) is 1.44. The largest absolute Gasteiger partial charge is 0.355 e. The summed E-state index contributed by atoms with van der Waals surface area (Å²) in [5.74, 6) is -0.359. The predicted octanol–water partition coefficient (Wildman–Crippen LogP) is 1.73. The minimum atomic E-state index is -0.260. The summed E-state index contributed by atoms with van der Waals surface area (Å²) in [5, 5.41) is 2.91.